The third kappa shape index (κ3) is 2.33. The van der Waals surface area contributed by atoms with Crippen molar-refractivity contribution in [2.75, 3.05) is 18.2 Å². The molecule has 1 heterocycles. The Balaban J connectivity index is 2.87. The fourth-order valence-electron chi connectivity index (χ4n) is 0.841. The van der Waals surface area contributed by atoms with E-state index in [-0.39, 0.29) is 5.82 Å². The molecule has 0 spiro atoms. The summed E-state index contributed by atoms with van der Waals surface area (Å²) in [5.74, 6) is 0.274. The molecule has 1 aromatic heterocycles. The second kappa shape index (κ2) is 3.75. The number of amides is 1. The van der Waals surface area contributed by atoms with Crippen LogP contribution < -0.4 is 11.1 Å². The number of anilines is 2. The van der Waals surface area contributed by atoms with Crippen molar-refractivity contribution in [3.05, 3.63) is 17.8 Å². The van der Waals surface area contributed by atoms with E-state index < -0.39 is 6.09 Å². The maximum absolute atomic E-state index is 10.8. The molecular formula is C8H11N3O2. The molecule has 1 rings (SSSR count). The second-order valence-corrected chi connectivity index (χ2v) is 2.56. The third-order valence-corrected chi connectivity index (χ3v) is 1.48. The standard InChI is InChI=1S/C8H11N3O2/c1-5-3-6(7(9)10-4-5)11-8(12)13-2/h3-4H,1-2H3,(H2,9,10)(H,11,12). The van der Waals surface area contributed by atoms with E-state index in [2.05, 4.69) is 15.0 Å². The van der Waals surface area contributed by atoms with Crippen LogP contribution in [0.4, 0.5) is 16.3 Å². The number of rotatable bonds is 1. The van der Waals surface area contributed by atoms with Crippen molar-refractivity contribution in [3.63, 3.8) is 0 Å². The molecule has 5 heteroatoms. The van der Waals surface area contributed by atoms with Crippen molar-refractivity contribution in [2.45, 2.75) is 6.92 Å². The number of methoxy groups -OCH3 is 1. The summed E-state index contributed by atoms with van der Waals surface area (Å²) in [4.78, 5) is 14.7. The first kappa shape index (κ1) is 9.31. The highest BCUT2D eigenvalue weighted by molar-refractivity contribution is 5.87. The number of pyridine rings is 1. The summed E-state index contributed by atoms with van der Waals surface area (Å²) in [7, 11) is 1.29. The molecule has 0 unspecified atom stereocenters. The van der Waals surface area contributed by atoms with Crippen LogP contribution in [0, 0.1) is 6.92 Å². The van der Waals surface area contributed by atoms with E-state index in [0.29, 0.717) is 5.69 Å². The van der Waals surface area contributed by atoms with Gasteiger partial charge in [0.05, 0.1) is 12.8 Å². The first-order chi connectivity index (χ1) is 6.13. The number of aromatic nitrogens is 1. The van der Waals surface area contributed by atoms with Crippen LogP contribution in [-0.4, -0.2) is 18.2 Å². The average molecular weight is 181 g/mol. The zero-order chi connectivity index (χ0) is 9.84. The van der Waals surface area contributed by atoms with Gasteiger partial charge in [-0.15, -0.1) is 0 Å². The normalized spacial score (nSPS) is 9.38. The lowest BCUT2D eigenvalue weighted by atomic mass is 10.3. The Kier molecular flexibility index (Phi) is 2.69. The highest BCUT2D eigenvalue weighted by Gasteiger charge is 2.04. The Labute approximate surface area is 75.9 Å². The summed E-state index contributed by atoms with van der Waals surface area (Å²) < 4.78 is 4.42. The Morgan fingerprint density at radius 3 is 3.00 bits per heavy atom. The monoisotopic (exact) mass is 181 g/mol. The van der Waals surface area contributed by atoms with Crippen molar-refractivity contribution in [2.24, 2.45) is 0 Å². The minimum absolute atomic E-state index is 0.274. The molecule has 0 aliphatic heterocycles. The van der Waals surface area contributed by atoms with Gasteiger partial charge in [0.1, 0.15) is 5.82 Å². The number of hydrogen-bond acceptors (Lipinski definition) is 4. The van der Waals surface area contributed by atoms with Crippen molar-refractivity contribution in [1.29, 1.82) is 0 Å². The number of nitrogens with two attached hydrogens (primary N) is 1. The number of ether oxygens (including phenoxy) is 1. The van der Waals surface area contributed by atoms with Gasteiger partial charge in [-0.3, -0.25) is 5.32 Å². The van der Waals surface area contributed by atoms with Gasteiger partial charge in [-0.1, -0.05) is 0 Å². The highest BCUT2D eigenvalue weighted by atomic mass is 16.5. The molecule has 1 amide bonds. The molecule has 0 saturated carbocycles. The molecule has 0 bridgehead atoms. The molecule has 0 atom stereocenters. The largest absolute Gasteiger partial charge is 0.453 e. The maximum Gasteiger partial charge on any atom is 0.411 e. The number of hydrogen-bond donors (Lipinski definition) is 2. The van der Waals surface area contributed by atoms with Crippen molar-refractivity contribution >= 4 is 17.6 Å². The van der Waals surface area contributed by atoms with Gasteiger partial charge in [0, 0.05) is 6.20 Å². The van der Waals surface area contributed by atoms with Crippen molar-refractivity contribution in [1.82, 2.24) is 4.98 Å². The quantitative estimate of drug-likeness (QED) is 0.681. The van der Waals surface area contributed by atoms with E-state index in [1.807, 2.05) is 6.92 Å². The molecule has 0 fully saturated rings. The van der Waals surface area contributed by atoms with Crippen LogP contribution in [-0.2, 0) is 4.74 Å². The predicted octanol–water partition coefficient (Wildman–Crippen LogP) is 1.15. The zero-order valence-electron chi connectivity index (χ0n) is 7.50. The summed E-state index contributed by atoms with van der Waals surface area (Å²) in [6.07, 6.45) is 1.07. The summed E-state index contributed by atoms with van der Waals surface area (Å²) >= 11 is 0. The molecule has 0 aromatic carbocycles. The van der Waals surface area contributed by atoms with Gasteiger partial charge in [0.15, 0.2) is 0 Å². The lowest BCUT2D eigenvalue weighted by Crippen LogP contribution is -2.13. The topological polar surface area (TPSA) is 77.2 Å². The predicted molar refractivity (Wildman–Crippen MR) is 49.4 cm³/mol. The smallest absolute Gasteiger partial charge is 0.411 e. The minimum Gasteiger partial charge on any atom is -0.453 e. The Morgan fingerprint density at radius 1 is 1.69 bits per heavy atom. The van der Waals surface area contributed by atoms with E-state index in [4.69, 9.17) is 5.73 Å². The van der Waals surface area contributed by atoms with E-state index in [0.717, 1.165) is 5.56 Å². The van der Waals surface area contributed by atoms with Gasteiger partial charge in [-0.25, -0.2) is 9.78 Å². The first-order valence-electron chi connectivity index (χ1n) is 3.70. The second-order valence-electron chi connectivity index (χ2n) is 2.56. The van der Waals surface area contributed by atoms with E-state index in [1.165, 1.54) is 7.11 Å². The van der Waals surface area contributed by atoms with Crippen LogP contribution in [0.15, 0.2) is 12.3 Å². The molecule has 3 N–H and O–H groups in total. The summed E-state index contributed by atoms with van der Waals surface area (Å²) in [6.45, 7) is 1.86. The van der Waals surface area contributed by atoms with Crippen LogP contribution in [0.5, 0.6) is 0 Å². The SMILES string of the molecule is COC(=O)Nc1cc(C)cnc1N. The molecule has 70 valence electrons. The van der Waals surface area contributed by atoms with Crippen molar-refractivity contribution < 1.29 is 9.53 Å². The minimum atomic E-state index is -0.556. The first-order valence-corrected chi connectivity index (χ1v) is 3.70. The summed E-state index contributed by atoms with van der Waals surface area (Å²) in [5, 5.41) is 2.45. The van der Waals surface area contributed by atoms with Gasteiger partial charge >= 0.3 is 6.09 Å². The van der Waals surface area contributed by atoms with Gasteiger partial charge in [0.25, 0.3) is 0 Å². The summed E-state index contributed by atoms with van der Waals surface area (Å²) in [5.41, 5.74) is 6.89. The third-order valence-electron chi connectivity index (χ3n) is 1.48. The fraction of sp³-hybridized carbons (Fsp3) is 0.250. The molecule has 0 saturated heterocycles. The van der Waals surface area contributed by atoms with Crippen LogP contribution in [0.25, 0.3) is 0 Å². The van der Waals surface area contributed by atoms with Gasteiger partial charge in [-0.2, -0.15) is 0 Å². The number of nitrogens with one attached hydrogen (secondary N) is 1. The molecule has 0 radical (unpaired) electrons. The van der Waals surface area contributed by atoms with Crippen molar-refractivity contribution in [3.8, 4) is 0 Å². The van der Waals surface area contributed by atoms with Crippen LogP contribution in [0.2, 0.25) is 0 Å². The number of nitrogen functional groups attached to an aromatic ring is 1. The van der Waals surface area contributed by atoms with E-state index >= 15 is 0 Å². The van der Waals surface area contributed by atoms with Crippen LogP contribution >= 0.6 is 0 Å². The Bertz CT molecular complexity index is 325. The molecular weight excluding hydrogens is 170 g/mol. The Hall–Kier alpha value is -1.78. The maximum atomic E-state index is 10.8. The molecule has 5 nitrogen and oxygen atoms in total. The van der Waals surface area contributed by atoms with Crippen LogP contribution in [0.3, 0.4) is 0 Å². The Morgan fingerprint density at radius 2 is 2.38 bits per heavy atom. The summed E-state index contributed by atoms with van der Waals surface area (Å²) in [6, 6.07) is 1.72. The van der Waals surface area contributed by atoms with E-state index in [1.54, 1.807) is 12.3 Å². The van der Waals surface area contributed by atoms with Crippen LogP contribution in [0.1, 0.15) is 5.56 Å². The zero-order valence-corrected chi connectivity index (χ0v) is 7.50. The lowest BCUT2D eigenvalue weighted by Gasteiger charge is -2.06. The number of nitrogens with zero attached hydrogens (tertiary/aromatic N) is 1. The van der Waals surface area contributed by atoms with E-state index in [9.17, 15) is 4.79 Å². The molecule has 1 aromatic rings. The molecule has 13 heavy (non-hydrogen) atoms. The van der Waals surface area contributed by atoms with Gasteiger partial charge in [0.2, 0.25) is 0 Å². The molecule has 0 aliphatic rings. The number of carbonyl (C=O) groups excluding carboxylic acids is 1. The van der Waals surface area contributed by atoms with Gasteiger partial charge in [-0.05, 0) is 18.6 Å². The van der Waals surface area contributed by atoms with Gasteiger partial charge < -0.3 is 10.5 Å². The molecule has 0 aliphatic carbocycles. The highest BCUT2D eigenvalue weighted by Crippen LogP contribution is 2.16. The lowest BCUT2D eigenvalue weighted by molar-refractivity contribution is 0.187. The average Bonchev–Trinajstić information content (AvgIpc) is 2.11. The number of carbonyl (C=O) groups is 1. The number of aryl methyl sites for hydroxylation is 1. The fourth-order valence-corrected chi connectivity index (χ4v) is 0.841.